The van der Waals surface area contributed by atoms with Crippen LogP contribution in [0.4, 0.5) is 0 Å². The fourth-order valence-corrected chi connectivity index (χ4v) is 5.19. The summed E-state index contributed by atoms with van der Waals surface area (Å²) in [5.74, 6) is -1.99. The highest BCUT2D eigenvalue weighted by Crippen LogP contribution is 2.27. The van der Waals surface area contributed by atoms with Crippen LogP contribution in [0.15, 0.2) is 84.0 Å². The Hall–Kier alpha value is -5.16. The molecule has 1 atom stereocenters. The number of hydrogen-bond acceptors (Lipinski definition) is 7. The number of carboxylic acids is 2. The Morgan fingerprint density at radius 2 is 1.70 bits per heavy atom. The van der Waals surface area contributed by atoms with E-state index < -0.39 is 11.9 Å². The largest absolute Gasteiger partial charge is 0.478 e. The van der Waals surface area contributed by atoms with Crippen LogP contribution in [0, 0.1) is 0 Å². The SMILES string of the molecule is O=C(O)c1ccc(-c2ccc(-n3c(=O)n(C4CCN(Cc5cc(C(=O)O)ccn5)C4)c4ncccc43)cn2)cc1. The average molecular weight is 537 g/mol. The topological polar surface area (TPSA) is 143 Å². The molecule has 40 heavy (non-hydrogen) atoms. The van der Waals surface area contributed by atoms with Crippen LogP contribution in [0.5, 0.6) is 0 Å². The number of fused-ring (bicyclic) bond motifs is 1. The van der Waals surface area contributed by atoms with Crippen LogP contribution in [0.25, 0.3) is 28.1 Å². The lowest BCUT2D eigenvalue weighted by Gasteiger charge is -2.16. The molecule has 0 radical (unpaired) electrons. The molecule has 6 rings (SSSR count). The van der Waals surface area contributed by atoms with E-state index in [9.17, 15) is 19.5 Å². The summed E-state index contributed by atoms with van der Waals surface area (Å²) in [6.07, 6.45) is 5.52. The van der Waals surface area contributed by atoms with Crippen LogP contribution in [0.2, 0.25) is 0 Å². The fraction of sp³-hybridized carbons (Fsp3) is 0.172. The number of imidazole rings is 1. The molecule has 1 unspecified atom stereocenters. The highest BCUT2D eigenvalue weighted by molar-refractivity contribution is 5.88. The van der Waals surface area contributed by atoms with Gasteiger partial charge in [-0.2, -0.15) is 0 Å². The quantitative estimate of drug-likeness (QED) is 0.319. The standard InChI is InChI=1S/C29H24N6O5/c36-27(37)19-5-3-18(4-6-19)24-8-7-22(15-32-24)34-25-2-1-11-31-26(25)35(29(34)40)23-10-13-33(17-23)16-21-14-20(28(38)39)9-12-30-21/h1-9,11-12,14-15,23H,10,13,16-17H2,(H,36,37)(H,38,39). The van der Waals surface area contributed by atoms with Crippen molar-refractivity contribution in [2.45, 2.75) is 19.0 Å². The molecule has 5 aromatic rings. The summed E-state index contributed by atoms with van der Waals surface area (Å²) in [5.41, 5.74) is 4.11. The predicted molar refractivity (Wildman–Crippen MR) is 146 cm³/mol. The van der Waals surface area contributed by atoms with E-state index in [-0.39, 0.29) is 22.9 Å². The Morgan fingerprint density at radius 1 is 0.900 bits per heavy atom. The number of pyridine rings is 3. The van der Waals surface area contributed by atoms with E-state index >= 15 is 0 Å². The number of aromatic nitrogens is 5. The van der Waals surface area contributed by atoms with Crippen molar-refractivity contribution in [3.8, 4) is 16.9 Å². The van der Waals surface area contributed by atoms with Gasteiger partial charge in [-0.3, -0.25) is 24.0 Å². The number of carbonyl (C=O) groups is 2. The molecule has 1 saturated heterocycles. The van der Waals surface area contributed by atoms with Gasteiger partial charge < -0.3 is 10.2 Å². The van der Waals surface area contributed by atoms with E-state index in [1.807, 2.05) is 12.1 Å². The number of nitrogens with zero attached hydrogens (tertiary/aromatic N) is 6. The van der Waals surface area contributed by atoms with Crippen molar-refractivity contribution in [2.24, 2.45) is 0 Å². The molecule has 2 N–H and O–H groups in total. The number of aromatic carboxylic acids is 2. The third-order valence-corrected chi connectivity index (χ3v) is 7.13. The van der Waals surface area contributed by atoms with Crippen molar-refractivity contribution in [3.05, 3.63) is 107 Å². The lowest BCUT2D eigenvalue weighted by atomic mass is 10.1. The van der Waals surface area contributed by atoms with Crippen molar-refractivity contribution in [1.82, 2.24) is 29.0 Å². The van der Waals surface area contributed by atoms with E-state index in [2.05, 4.69) is 19.9 Å². The molecule has 0 amide bonds. The maximum atomic E-state index is 13.8. The third kappa shape index (κ3) is 4.63. The summed E-state index contributed by atoms with van der Waals surface area (Å²) < 4.78 is 3.34. The molecule has 11 heteroatoms. The Bertz CT molecular complexity index is 1790. The van der Waals surface area contributed by atoms with Crippen molar-refractivity contribution in [1.29, 1.82) is 0 Å². The molecule has 4 aromatic heterocycles. The van der Waals surface area contributed by atoms with Crippen molar-refractivity contribution in [3.63, 3.8) is 0 Å². The molecular weight excluding hydrogens is 512 g/mol. The van der Waals surface area contributed by atoms with Crippen LogP contribution >= 0.6 is 0 Å². The van der Waals surface area contributed by atoms with Crippen LogP contribution in [0.1, 0.15) is 38.9 Å². The van der Waals surface area contributed by atoms with Crippen LogP contribution in [-0.2, 0) is 6.54 Å². The maximum absolute atomic E-state index is 13.8. The minimum Gasteiger partial charge on any atom is -0.478 e. The summed E-state index contributed by atoms with van der Waals surface area (Å²) in [6.45, 7) is 1.81. The van der Waals surface area contributed by atoms with Gasteiger partial charge in [0.05, 0.1) is 46.0 Å². The van der Waals surface area contributed by atoms with Crippen molar-refractivity contribution in [2.75, 3.05) is 13.1 Å². The Morgan fingerprint density at radius 3 is 2.42 bits per heavy atom. The Balaban J connectivity index is 1.28. The minimum absolute atomic E-state index is 0.117. The predicted octanol–water partition coefficient (Wildman–Crippen LogP) is 3.49. The first-order valence-corrected chi connectivity index (χ1v) is 12.7. The summed E-state index contributed by atoms with van der Waals surface area (Å²) in [4.78, 5) is 51.8. The summed E-state index contributed by atoms with van der Waals surface area (Å²) in [7, 11) is 0. The molecule has 1 aliphatic heterocycles. The number of hydrogen-bond donors (Lipinski definition) is 2. The van der Waals surface area contributed by atoms with Crippen LogP contribution in [-0.4, -0.2) is 64.2 Å². The number of likely N-dealkylation sites (tertiary alicyclic amines) is 1. The normalized spacial score (nSPS) is 15.4. The van der Waals surface area contributed by atoms with E-state index in [1.54, 1.807) is 51.9 Å². The summed E-state index contributed by atoms with van der Waals surface area (Å²) >= 11 is 0. The zero-order valence-corrected chi connectivity index (χ0v) is 21.2. The number of rotatable bonds is 7. The van der Waals surface area contributed by atoms with Crippen LogP contribution < -0.4 is 5.69 Å². The first-order chi connectivity index (χ1) is 19.4. The minimum atomic E-state index is -0.994. The smallest absolute Gasteiger partial charge is 0.335 e. The molecule has 0 bridgehead atoms. The van der Waals surface area contributed by atoms with Gasteiger partial charge in [-0.25, -0.2) is 19.4 Å². The first-order valence-electron chi connectivity index (χ1n) is 12.7. The molecule has 0 aliphatic carbocycles. The first kappa shape index (κ1) is 25.1. The monoisotopic (exact) mass is 536 g/mol. The van der Waals surface area contributed by atoms with E-state index in [0.29, 0.717) is 41.3 Å². The molecule has 5 heterocycles. The van der Waals surface area contributed by atoms with E-state index in [0.717, 1.165) is 18.5 Å². The van der Waals surface area contributed by atoms with Gasteiger partial charge in [0, 0.05) is 37.6 Å². The van der Waals surface area contributed by atoms with Crippen LogP contribution in [0.3, 0.4) is 0 Å². The van der Waals surface area contributed by atoms with Gasteiger partial charge in [-0.05, 0) is 55.0 Å². The zero-order valence-electron chi connectivity index (χ0n) is 21.2. The molecule has 0 spiro atoms. The lowest BCUT2D eigenvalue weighted by molar-refractivity contribution is 0.0686. The maximum Gasteiger partial charge on any atom is 0.335 e. The molecule has 1 aliphatic rings. The van der Waals surface area contributed by atoms with Gasteiger partial charge in [0.2, 0.25) is 0 Å². The lowest BCUT2D eigenvalue weighted by Crippen LogP contribution is -2.29. The van der Waals surface area contributed by atoms with Gasteiger partial charge in [-0.1, -0.05) is 12.1 Å². The number of benzene rings is 1. The summed E-state index contributed by atoms with van der Waals surface area (Å²) in [5, 5.41) is 18.4. The second kappa shape index (κ2) is 10.2. The second-order valence-electron chi connectivity index (χ2n) is 9.64. The highest BCUT2D eigenvalue weighted by Gasteiger charge is 2.29. The van der Waals surface area contributed by atoms with Gasteiger partial charge in [0.15, 0.2) is 5.65 Å². The fourth-order valence-electron chi connectivity index (χ4n) is 5.19. The zero-order chi connectivity index (χ0) is 27.8. The molecule has 11 nitrogen and oxygen atoms in total. The molecule has 0 saturated carbocycles. The highest BCUT2D eigenvalue weighted by atomic mass is 16.4. The van der Waals surface area contributed by atoms with Gasteiger partial charge >= 0.3 is 17.6 Å². The summed E-state index contributed by atoms with van der Waals surface area (Å²) in [6, 6.07) is 16.6. The van der Waals surface area contributed by atoms with Gasteiger partial charge in [-0.15, -0.1) is 0 Å². The van der Waals surface area contributed by atoms with Gasteiger partial charge in [0.1, 0.15) is 0 Å². The number of carboxylic acid groups (broad SMARTS) is 2. The molecule has 1 fully saturated rings. The van der Waals surface area contributed by atoms with Crippen molar-refractivity contribution < 1.29 is 19.8 Å². The molecule has 200 valence electrons. The molecular formula is C29H24N6O5. The second-order valence-corrected chi connectivity index (χ2v) is 9.64. The Labute approximate surface area is 227 Å². The Kier molecular flexibility index (Phi) is 6.40. The molecule has 1 aromatic carbocycles. The van der Waals surface area contributed by atoms with E-state index in [4.69, 9.17) is 5.11 Å². The van der Waals surface area contributed by atoms with E-state index in [1.165, 1.54) is 24.4 Å². The van der Waals surface area contributed by atoms with Gasteiger partial charge in [0.25, 0.3) is 0 Å². The third-order valence-electron chi connectivity index (χ3n) is 7.13. The van der Waals surface area contributed by atoms with Crippen molar-refractivity contribution >= 4 is 23.1 Å². The average Bonchev–Trinajstić information content (AvgIpc) is 3.54.